The molecule has 22 heteroatoms. The van der Waals surface area contributed by atoms with Gasteiger partial charge in [-0.1, -0.05) is 12.1 Å². The SMILES string of the molecule is Cc1c(S(=O)c2ccc(C#N)cc2)cc(C(=O)NCCCn2cc[n+](CCCNC(=O)c3cc(S(=O)c4ccc(C#N)cc4)c(C)n(-c4cccc(C(F)(F)F)c4)c3=O)c2)c(=O)n1-c1cccc(C(F)(F)F)c1. The highest BCUT2D eigenvalue weighted by molar-refractivity contribution is 7.85. The maximum absolute atomic E-state index is 13.9. The molecule has 2 unspecified atom stereocenters. The van der Waals surface area contributed by atoms with E-state index in [1.165, 1.54) is 74.5 Å². The van der Waals surface area contributed by atoms with Crippen LogP contribution in [0.3, 0.4) is 0 Å². The van der Waals surface area contributed by atoms with E-state index in [2.05, 4.69) is 10.6 Å². The second-order valence-electron chi connectivity index (χ2n) is 16.3. The Kier molecular flexibility index (Phi) is 15.9. The molecular formula is C51H41F6N8O6S2+. The van der Waals surface area contributed by atoms with E-state index < -0.39 is 79.1 Å². The molecule has 0 radical (unpaired) electrons. The summed E-state index contributed by atoms with van der Waals surface area (Å²) in [6.45, 7) is 3.65. The van der Waals surface area contributed by atoms with Gasteiger partial charge in [0.25, 0.3) is 22.9 Å². The third-order valence-electron chi connectivity index (χ3n) is 11.5. The molecule has 0 aliphatic heterocycles. The number of carbonyl (C=O) groups is 2. The van der Waals surface area contributed by atoms with Crippen molar-refractivity contribution in [3.8, 4) is 23.5 Å². The minimum absolute atomic E-state index is 0.0151. The number of halogens is 6. The maximum Gasteiger partial charge on any atom is 0.416 e. The maximum atomic E-state index is 13.9. The fraction of sp³-hybridized carbons (Fsp3) is 0.196. The molecular weight excluding hydrogens is 999 g/mol. The van der Waals surface area contributed by atoms with Crippen LogP contribution < -0.4 is 26.3 Å². The molecule has 0 aliphatic rings. The molecule has 14 nitrogen and oxygen atoms in total. The van der Waals surface area contributed by atoms with Crippen molar-refractivity contribution in [2.75, 3.05) is 13.1 Å². The highest BCUT2D eigenvalue weighted by Crippen LogP contribution is 2.33. The molecule has 73 heavy (non-hydrogen) atoms. The number of amides is 2. The van der Waals surface area contributed by atoms with Gasteiger partial charge in [0, 0.05) is 58.5 Å². The van der Waals surface area contributed by atoms with Crippen molar-refractivity contribution < 1.29 is 48.9 Å². The van der Waals surface area contributed by atoms with Crippen LogP contribution >= 0.6 is 0 Å². The minimum Gasteiger partial charge on any atom is -0.352 e. The van der Waals surface area contributed by atoms with Crippen molar-refractivity contribution >= 4 is 33.4 Å². The number of benzene rings is 4. The molecule has 0 saturated carbocycles. The Labute approximate surface area is 417 Å². The average Bonchev–Trinajstić information content (AvgIpc) is 3.83. The van der Waals surface area contributed by atoms with Gasteiger partial charge in [-0.15, -0.1) is 0 Å². The van der Waals surface area contributed by atoms with Gasteiger partial charge in [-0.25, -0.2) is 17.6 Å². The lowest BCUT2D eigenvalue weighted by atomic mass is 10.1. The van der Waals surface area contributed by atoms with E-state index in [0.717, 1.165) is 57.7 Å². The van der Waals surface area contributed by atoms with Gasteiger partial charge in [0.2, 0.25) is 6.33 Å². The number of nitrogens with one attached hydrogen (secondary N) is 2. The van der Waals surface area contributed by atoms with E-state index in [-0.39, 0.29) is 66.6 Å². The van der Waals surface area contributed by atoms with E-state index in [1.54, 1.807) is 27.9 Å². The third kappa shape index (κ3) is 11.9. The van der Waals surface area contributed by atoms with Crippen LogP contribution in [-0.2, 0) is 47.0 Å². The molecule has 0 aliphatic carbocycles. The van der Waals surface area contributed by atoms with E-state index in [0.29, 0.717) is 25.9 Å². The highest BCUT2D eigenvalue weighted by atomic mass is 32.2. The van der Waals surface area contributed by atoms with Crippen molar-refractivity contribution in [3.63, 3.8) is 0 Å². The molecule has 2 N–H and O–H groups in total. The number of rotatable bonds is 16. The first kappa shape index (κ1) is 52.6. The van der Waals surface area contributed by atoms with Crippen molar-refractivity contribution in [1.29, 1.82) is 10.5 Å². The molecule has 3 heterocycles. The monoisotopic (exact) mass is 1040 g/mol. The van der Waals surface area contributed by atoms with Crippen LogP contribution in [0.25, 0.3) is 11.4 Å². The zero-order valence-electron chi connectivity index (χ0n) is 38.6. The van der Waals surface area contributed by atoms with Gasteiger partial charge in [0.05, 0.1) is 78.9 Å². The second kappa shape index (κ2) is 22.1. The van der Waals surface area contributed by atoms with E-state index in [9.17, 15) is 64.5 Å². The number of hydrogen-bond donors (Lipinski definition) is 2. The molecule has 0 spiro atoms. The Morgan fingerprint density at radius 1 is 0.630 bits per heavy atom. The average molecular weight is 1040 g/mol. The predicted octanol–water partition coefficient (Wildman–Crippen LogP) is 7.45. The molecule has 2 amide bonds. The smallest absolute Gasteiger partial charge is 0.352 e. The Bertz CT molecular complexity index is 3290. The van der Waals surface area contributed by atoms with Gasteiger partial charge >= 0.3 is 12.4 Å². The first-order chi connectivity index (χ1) is 34.7. The third-order valence-corrected chi connectivity index (χ3v) is 14.5. The molecule has 0 saturated heterocycles. The molecule has 7 rings (SSSR count). The predicted molar refractivity (Wildman–Crippen MR) is 254 cm³/mol. The Morgan fingerprint density at radius 2 is 1.05 bits per heavy atom. The van der Waals surface area contributed by atoms with Gasteiger partial charge < -0.3 is 10.6 Å². The van der Waals surface area contributed by atoms with Crippen molar-refractivity contribution in [3.05, 3.63) is 193 Å². The first-order valence-electron chi connectivity index (χ1n) is 22.0. The van der Waals surface area contributed by atoms with Crippen molar-refractivity contribution in [2.45, 2.75) is 71.7 Å². The lowest BCUT2D eigenvalue weighted by Crippen LogP contribution is -2.37. The van der Waals surface area contributed by atoms with Gasteiger partial charge in [0.15, 0.2) is 0 Å². The summed E-state index contributed by atoms with van der Waals surface area (Å²) in [5.74, 6) is -1.71. The summed E-state index contributed by atoms with van der Waals surface area (Å²) < 4.78 is 116. The van der Waals surface area contributed by atoms with Gasteiger partial charge in [0.1, 0.15) is 23.5 Å². The summed E-state index contributed by atoms with van der Waals surface area (Å²) >= 11 is 0. The van der Waals surface area contributed by atoms with Crippen LogP contribution in [0.4, 0.5) is 26.3 Å². The van der Waals surface area contributed by atoms with Crippen LogP contribution in [-0.4, -0.2) is 47.0 Å². The molecule has 4 aromatic carbocycles. The molecule has 0 bridgehead atoms. The number of pyridine rings is 2. The topological polar surface area (TPSA) is 193 Å². The normalized spacial score (nSPS) is 12.4. The molecule has 7 aromatic rings. The largest absolute Gasteiger partial charge is 0.416 e. The Morgan fingerprint density at radius 3 is 1.47 bits per heavy atom. The van der Waals surface area contributed by atoms with E-state index in [1.807, 2.05) is 12.1 Å². The fourth-order valence-electron chi connectivity index (χ4n) is 7.71. The van der Waals surface area contributed by atoms with Gasteiger partial charge in [-0.2, -0.15) is 36.9 Å². The number of hydrogen-bond acceptors (Lipinski definition) is 8. The second-order valence-corrected chi connectivity index (χ2v) is 19.2. The number of aryl methyl sites for hydroxylation is 2. The quantitative estimate of drug-likeness (QED) is 0.0566. The van der Waals surface area contributed by atoms with Crippen molar-refractivity contribution in [1.82, 2.24) is 24.3 Å². The van der Waals surface area contributed by atoms with Crippen LogP contribution in [0.2, 0.25) is 0 Å². The first-order valence-corrected chi connectivity index (χ1v) is 24.3. The number of carbonyl (C=O) groups excluding carboxylic acids is 2. The number of nitrogens with zero attached hydrogens (tertiary/aromatic N) is 6. The lowest BCUT2D eigenvalue weighted by molar-refractivity contribution is -0.696. The Balaban J connectivity index is 1.01. The highest BCUT2D eigenvalue weighted by Gasteiger charge is 2.33. The summed E-state index contributed by atoms with van der Waals surface area (Å²) in [7, 11) is -4.07. The van der Waals surface area contributed by atoms with Gasteiger partial charge in [-0.05, 0) is 111 Å². The zero-order valence-corrected chi connectivity index (χ0v) is 40.2. The summed E-state index contributed by atoms with van der Waals surface area (Å²) in [4.78, 5) is 55.4. The minimum atomic E-state index is -4.75. The standard InChI is InChI=1S/C51H40F6N8O6S2/c1-32-44(72(70)40-15-11-34(29-58)12-16-40)27-42(48(68)64(32)38-9-3-7-36(25-38)50(52,53)54)46(66)60-19-5-21-62-23-24-63(31-62)22-6-20-61-47(67)43-28-45(73(71)41-17-13-35(30-59)14-18-41)33(2)65(49(43)69)39-10-4-8-37(26-39)51(55,56)57/h3-4,7-18,23-28,31H,5-6,19-22H2,1-2H3,(H-,60,61,66,67)/p+1. The lowest BCUT2D eigenvalue weighted by Gasteiger charge is -2.18. The van der Waals surface area contributed by atoms with Crippen LogP contribution in [0.5, 0.6) is 0 Å². The molecule has 3 aromatic heterocycles. The Hall–Kier alpha value is -8.21. The summed E-state index contributed by atoms with van der Waals surface area (Å²) in [5, 5.41) is 23.7. The van der Waals surface area contributed by atoms with Crippen LogP contribution in [0.15, 0.2) is 157 Å². The molecule has 2 atom stereocenters. The number of imidazole rings is 1. The number of aromatic nitrogens is 4. The number of nitriles is 2. The number of alkyl halides is 6. The summed E-state index contributed by atoms with van der Waals surface area (Å²) in [5.41, 5.74) is -4.66. The van der Waals surface area contributed by atoms with E-state index >= 15 is 0 Å². The summed E-state index contributed by atoms with van der Waals surface area (Å²) in [6, 6.07) is 25.6. The summed E-state index contributed by atoms with van der Waals surface area (Å²) in [6.07, 6.45) is -3.56. The van der Waals surface area contributed by atoms with Crippen molar-refractivity contribution in [2.24, 2.45) is 0 Å². The fourth-order valence-corrected chi connectivity index (χ4v) is 10.1. The molecule has 374 valence electrons. The zero-order chi connectivity index (χ0) is 52.8. The van der Waals surface area contributed by atoms with Gasteiger partial charge in [-0.3, -0.25) is 28.3 Å². The van der Waals surface area contributed by atoms with Crippen LogP contribution in [0, 0.1) is 36.5 Å². The van der Waals surface area contributed by atoms with Crippen LogP contribution in [0.1, 0.15) is 67.2 Å². The molecule has 0 fully saturated rings. The van der Waals surface area contributed by atoms with E-state index in [4.69, 9.17) is 0 Å².